The highest BCUT2D eigenvalue weighted by Gasteiger charge is 2.19. The second-order valence-electron chi connectivity index (χ2n) is 2.77. The maximum absolute atomic E-state index is 6.12. The topological polar surface area (TPSA) is 0 Å². The molecule has 0 aliphatic heterocycles. The number of alkyl halides is 1. The summed E-state index contributed by atoms with van der Waals surface area (Å²) in [5.74, 6) is 0. The Morgan fingerprint density at radius 2 is 2.13 bits per heavy atom. The number of hydrogen-bond donors (Lipinski definition) is 0. The Kier molecular flexibility index (Phi) is 4.41. The van der Waals surface area contributed by atoms with E-state index in [1.807, 2.05) is 6.07 Å². The van der Waals surface area contributed by atoms with Crippen molar-refractivity contribution in [1.82, 2.24) is 0 Å². The van der Waals surface area contributed by atoms with E-state index in [1.54, 1.807) is 11.3 Å². The van der Waals surface area contributed by atoms with Gasteiger partial charge in [-0.2, -0.15) is 0 Å². The zero-order valence-corrected chi connectivity index (χ0v) is 14.0. The Hall–Kier alpha value is 1.19. The first kappa shape index (κ1) is 12.6. The molecule has 1 unspecified atom stereocenters. The average Bonchev–Trinajstić information content (AvgIpc) is 2.71. The second kappa shape index (κ2) is 5.23. The minimum Gasteiger partial charge on any atom is -0.146 e. The molecular formula is C9H4BrCl2IS2. The van der Waals surface area contributed by atoms with Gasteiger partial charge in [-0.1, -0.05) is 39.1 Å². The summed E-state index contributed by atoms with van der Waals surface area (Å²) in [6.07, 6.45) is 0. The molecule has 0 aliphatic carbocycles. The summed E-state index contributed by atoms with van der Waals surface area (Å²) >= 11 is 21.1. The summed E-state index contributed by atoms with van der Waals surface area (Å²) in [5, 5.41) is 2.08. The van der Waals surface area contributed by atoms with Crippen LogP contribution in [-0.4, -0.2) is 0 Å². The summed E-state index contributed by atoms with van der Waals surface area (Å²) in [5.41, 5.74) is 1.05. The third kappa shape index (κ3) is 2.72. The molecule has 0 fully saturated rings. The highest BCUT2D eigenvalue weighted by Crippen LogP contribution is 2.44. The van der Waals surface area contributed by atoms with Crippen LogP contribution in [0.3, 0.4) is 0 Å². The minimum atomic E-state index is 0.139. The largest absolute Gasteiger partial charge is 0.146 e. The Labute approximate surface area is 128 Å². The average molecular weight is 454 g/mol. The summed E-state index contributed by atoms with van der Waals surface area (Å²) in [7, 11) is 0. The van der Waals surface area contributed by atoms with Gasteiger partial charge in [0.1, 0.15) is 0 Å². The molecule has 2 aromatic heterocycles. The molecule has 0 N–H and O–H groups in total. The normalized spacial score (nSPS) is 13.1. The van der Waals surface area contributed by atoms with E-state index in [0.717, 1.165) is 14.2 Å². The molecule has 2 aromatic rings. The number of thiophene rings is 2. The van der Waals surface area contributed by atoms with Crippen molar-refractivity contribution < 1.29 is 0 Å². The molecule has 0 bridgehead atoms. The van der Waals surface area contributed by atoms with Crippen LogP contribution in [0.1, 0.15) is 15.3 Å². The lowest BCUT2D eigenvalue weighted by atomic mass is 10.2. The summed E-state index contributed by atoms with van der Waals surface area (Å²) < 4.78 is 2.73. The first-order valence-corrected chi connectivity index (χ1v) is 8.36. The Balaban J connectivity index is 2.40. The fourth-order valence-corrected chi connectivity index (χ4v) is 6.22. The molecule has 2 heterocycles. The van der Waals surface area contributed by atoms with E-state index in [9.17, 15) is 0 Å². The van der Waals surface area contributed by atoms with E-state index >= 15 is 0 Å². The van der Waals surface area contributed by atoms with Crippen LogP contribution in [0.4, 0.5) is 0 Å². The van der Waals surface area contributed by atoms with Crippen molar-refractivity contribution in [2.24, 2.45) is 0 Å². The molecule has 80 valence electrons. The molecule has 0 saturated heterocycles. The first-order valence-electron chi connectivity index (χ1n) is 3.91. The monoisotopic (exact) mass is 452 g/mol. The summed E-state index contributed by atoms with van der Waals surface area (Å²) in [4.78, 5) is 1.41. The van der Waals surface area contributed by atoms with Crippen molar-refractivity contribution in [3.05, 3.63) is 40.2 Å². The van der Waals surface area contributed by atoms with Gasteiger partial charge in [0, 0.05) is 14.0 Å². The lowest BCUT2D eigenvalue weighted by Gasteiger charge is -2.06. The van der Waals surface area contributed by atoms with Crippen LogP contribution >= 0.6 is 84.4 Å². The van der Waals surface area contributed by atoms with Gasteiger partial charge in [0.15, 0.2) is 0 Å². The van der Waals surface area contributed by atoms with Gasteiger partial charge in [0.05, 0.1) is 13.5 Å². The molecule has 0 spiro atoms. The minimum absolute atomic E-state index is 0.139. The predicted molar refractivity (Wildman–Crippen MR) is 82.1 cm³/mol. The van der Waals surface area contributed by atoms with Gasteiger partial charge < -0.3 is 0 Å². The van der Waals surface area contributed by atoms with Crippen molar-refractivity contribution >= 4 is 84.4 Å². The molecule has 15 heavy (non-hydrogen) atoms. The van der Waals surface area contributed by atoms with Crippen molar-refractivity contribution in [3.63, 3.8) is 0 Å². The van der Waals surface area contributed by atoms with E-state index in [-0.39, 0.29) is 4.83 Å². The van der Waals surface area contributed by atoms with Gasteiger partial charge in [-0.15, -0.1) is 22.7 Å². The van der Waals surface area contributed by atoms with Gasteiger partial charge in [-0.25, -0.2) is 0 Å². The third-order valence-corrected chi connectivity index (χ3v) is 6.89. The standard InChI is InChI=1S/C9H4BrCl2IS2/c10-7(8-5(13)1-2-14-8)4-3-6(11)15-9(4)12/h1-3,7H. The maximum Gasteiger partial charge on any atom is 0.0991 e. The lowest BCUT2D eigenvalue weighted by Crippen LogP contribution is -1.89. The van der Waals surface area contributed by atoms with Crippen molar-refractivity contribution in [2.75, 3.05) is 0 Å². The van der Waals surface area contributed by atoms with Crippen LogP contribution in [0.15, 0.2) is 17.5 Å². The van der Waals surface area contributed by atoms with Crippen LogP contribution in [0, 0.1) is 3.57 Å². The highest BCUT2D eigenvalue weighted by atomic mass is 127. The molecule has 0 amide bonds. The number of hydrogen-bond acceptors (Lipinski definition) is 2. The maximum atomic E-state index is 6.12. The molecule has 6 heteroatoms. The quantitative estimate of drug-likeness (QED) is 0.375. The van der Waals surface area contributed by atoms with Gasteiger partial charge >= 0.3 is 0 Å². The summed E-state index contributed by atoms with van der Waals surface area (Å²) in [6.45, 7) is 0. The van der Waals surface area contributed by atoms with E-state index in [0.29, 0.717) is 0 Å². The fraction of sp³-hybridized carbons (Fsp3) is 0.111. The molecule has 2 rings (SSSR count). The summed E-state index contributed by atoms with van der Waals surface area (Å²) in [6, 6.07) is 4.01. The molecule has 0 saturated carbocycles. The van der Waals surface area contributed by atoms with Crippen LogP contribution in [0.2, 0.25) is 8.67 Å². The van der Waals surface area contributed by atoms with Crippen LogP contribution in [0.25, 0.3) is 0 Å². The van der Waals surface area contributed by atoms with E-state index in [4.69, 9.17) is 23.2 Å². The SMILES string of the molecule is Clc1cc(C(Br)c2sccc2I)c(Cl)s1. The Bertz CT molecular complexity index is 480. The van der Waals surface area contributed by atoms with Gasteiger partial charge in [-0.05, 0) is 40.1 Å². The van der Waals surface area contributed by atoms with Crippen molar-refractivity contribution in [3.8, 4) is 0 Å². The first-order chi connectivity index (χ1) is 7.09. The molecular weight excluding hydrogens is 450 g/mol. The zero-order chi connectivity index (χ0) is 11.0. The van der Waals surface area contributed by atoms with Gasteiger partial charge in [-0.3, -0.25) is 0 Å². The van der Waals surface area contributed by atoms with E-state index < -0.39 is 0 Å². The zero-order valence-electron chi connectivity index (χ0n) is 7.14. The van der Waals surface area contributed by atoms with Crippen LogP contribution < -0.4 is 0 Å². The van der Waals surface area contributed by atoms with Crippen molar-refractivity contribution in [2.45, 2.75) is 4.83 Å². The molecule has 1 atom stereocenters. The Morgan fingerprint density at radius 1 is 1.40 bits per heavy atom. The molecule has 0 aliphatic rings. The van der Waals surface area contributed by atoms with Crippen LogP contribution in [0.5, 0.6) is 0 Å². The number of halogens is 4. The molecule has 0 nitrogen and oxygen atoms in total. The van der Waals surface area contributed by atoms with Gasteiger partial charge in [0.2, 0.25) is 0 Å². The predicted octanol–water partition coefficient (Wildman–Crippen LogP) is 6.21. The third-order valence-electron chi connectivity index (χ3n) is 1.83. The van der Waals surface area contributed by atoms with Crippen LogP contribution in [-0.2, 0) is 0 Å². The number of rotatable bonds is 2. The molecule has 0 aromatic carbocycles. The lowest BCUT2D eigenvalue weighted by molar-refractivity contribution is 1.23. The van der Waals surface area contributed by atoms with Gasteiger partial charge in [0.25, 0.3) is 0 Å². The second-order valence-corrected chi connectivity index (χ2v) is 8.09. The molecule has 0 radical (unpaired) electrons. The van der Waals surface area contributed by atoms with Crippen molar-refractivity contribution in [1.29, 1.82) is 0 Å². The smallest absolute Gasteiger partial charge is 0.0991 e. The highest BCUT2D eigenvalue weighted by molar-refractivity contribution is 14.1. The Morgan fingerprint density at radius 3 is 2.60 bits per heavy atom. The fourth-order valence-electron chi connectivity index (χ4n) is 1.15. The van der Waals surface area contributed by atoms with E-state index in [2.05, 4.69) is 50.0 Å². The van der Waals surface area contributed by atoms with E-state index in [1.165, 1.54) is 19.8 Å².